The molecule has 0 unspecified atom stereocenters. The normalized spacial score (nSPS) is 13.3. The zero-order chi connectivity index (χ0) is 33.7. The molecule has 5 aromatic rings. The summed E-state index contributed by atoms with van der Waals surface area (Å²) in [7, 11) is 0. The van der Waals surface area contributed by atoms with Crippen LogP contribution in [0.4, 0.5) is 17.6 Å². The molecule has 0 saturated carbocycles. The molecule has 1 aliphatic heterocycles. The largest absolute Gasteiger partial charge is 0.493 e. The van der Waals surface area contributed by atoms with Gasteiger partial charge >= 0.3 is 5.97 Å². The van der Waals surface area contributed by atoms with Crippen molar-refractivity contribution in [2.45, 2.75) is 45.8 Å². The van der Waals surface area contributed by atoms with E-state index in [0.29, 0.717) is 46.5 Å². The van der Waals surface area contributed by atoms with Crippen LogP contribution in [0.2, 0.25) is 10.0 Å². The van der Waals surface area contributed by atoms with Crippen LogP contribution in [0.15, 0.2) is 53.1 Å². The first-order chi connectivity index (χ1) is 21.6. The van der Waals surface area contributed by atoms with Crippen LogP contribution in [-0.2, 0) is 16.0 Å². The molecular weight excluding hydrogens is 713 g/mol. The fraction of sp³-hybridized carbons (Fsp3) is 0.235. The van der Waals surface area contributed by atoms with Crippen LogP contribution in [-0.4, -0.2) is 28.3 Å². The van der Waals surface area contributed by atoms with Crippen molar-refractivity contribution in [2.75, 3.05) is 6.61 Å². The molecule has 5 nitrogen and oxygen atoms in total. The lowest BCUT2D eigenvalue weighted by Gasteiger charge is -2.29. The van der Waals surface area contributed by atoms with Gasteiger partial charge in [0.2, 0.25) is 0 Å². The van der Waals surface area contributed by atoms with Crippen molar-refractivity contribution in [3.05, 3.63) is 103 Å². The Morgan fingerprint density at radius 3 is 2.35 bits per heavy atom. The van der Waals surface area contributed by atoms with Crippen LogP contribution in [0.25, 0.3) is 32.8 Å². The van der Waals surface area contributed by atoms with Gasteiger partial charge in [-0.3, -0.25) is 4.98 Å². The van der Waals surface area contributed by atoms with Crippen molar-refractivity contribution < 1.29 is 36.9 Å². The van der Waals surface area contributed by atoms with E-state index in [-0.39, 0.29) is 15.2 Å². The average molecular weight is 739 g/mol. The van der Waals surface area contributed by atoms with Crippen LogP contribution in [0.1, 0.15) is 43.6 Å². The van der Waals surface area contributed by atoms with Crippen LogP contribution >= 0.6 is 39.1 Å². The van der Waals surface area contributed by atoms with Crippen molar-refractivity contribution in [1.29, 1.82) is 0 Å². The number of ether oxygens (including phenoxy) is 2. The van der Waals surface area contributed by atoms with Crippen LogP contribution in [0.5, 0.6) is 5.75 Å². The zero-order valence-electron chi connectivity index (χ0n) is 24.9. The number of aliphatic carboxylic acids is 1. The summed E-state index contributed by atoms with van der Waals surface area (Å²) in [6.45, 7) is 7.45. The highest BCUT2D eigenvalue weighted by Gasteiger charge is 2.33. The molecule has 2 heterocycles. The van der Waals surface area contributed by atoms with E-state index in [1.54, 1.807) is 46.0 Å². The van der Waals surface area contributed by atoms with Crippen molar-refractivity contribution in [3.63, 3.8) is 0 Å². The Morgan fingerprint density at radius 2 is 1.70 bits per heavy atom. The molecule has 1 N–H and O–H groups in total. The maximum absolute atomic E-state index is 15.2. The Balaban J connectivity index is 0.000000356. The highest BCUT2D eigenvalue weighted by molar-refractivity contribution is 9.10. The first-order valence-corrected chi connectivity index (χ1v) is 15.5. The number of halogens is 7. The molecule has 240 valence electrons. The van der Waals surface area contributed by atoms with E-state index in [4.69, 9.17) is 32.7 Å². The fourth-order valence-corrected chi connectivity index (χ4v) is 6.18. The molecule has 6 rings (SSSR count). The van der Waals surface area contributed by atoms with Crippen molar-refractivity contribution in [3.8, 4) is 16.9 Å². The van der Waals surface area contributed by atoms with Gasteiger partial charge in [0.05, 0.1) is 22.2 Å². The maximum atomic E-state index is 15.2. The average Bonchev–Trinajstić information content (AvgIpc) is 3.00. The smallest absolute Gasteiger partial charge is 0.337 e. The third kappa shape index (κ3) is 6.40. The number of carboxylic acids is 1. The predicted molar refractivity (Wildman–Crippen MR) is 174 cm³/mol. The number of hydrogen-bond donors (Lipinski definition) is 1. The summed E-state index contributed by atoms with van der Waals surface area (Å²) >= 11 is 14.0. The number of aryl methyl sites for hydroxylation is 1. The summed E-state index contributed by atoms with van der Waals surface area (Å²) in [6.07, 6.45) is 0.945. The van der Waals surface area contributed by atoms with Crippen molar-refractivity contribution >= 4 is 66.8 Å². The zero-order valence-corrected chi connectivity index (χ0v) is 28.0. The van der Waals surface area contributed by atoms with Gasteiger partial charge in [-0.1, -0.05) is 23.2 Å². The molecule has 0 bridgehead atoms. The Labute approximate surface area is 280 Å². The number of hydrogen-bond acceptors (Lipinski definition) is 4. The minimum atomic E-state index is -1.41. The lowest BCUT2D eigenvalue weighted by molar-refractivity contribution is -0.160. The van der Waals surface area contributed by atoms with Crippen LogP contribution < -0.4 is 4.74 Å². The molecule has 1 atom stereocenters. The molecule has 12 heteroatoms. The fourth-order valence-electron chi connectivity index (χ4n) is 5.41. The van der Waals surface area contributed by atoms with Crippen molar-refractivity contribution in [2.24, 2.45) is 0 Å². The highest BCUT2D eigenvalue weighted by Crippen LogP contribution is 2.46. The minimum absolute atomic E-state index is 0.0780. The predicted octanol–water partition coefficient (Wildman–Crippen LogP) is 10.6. The number of carboxylic acid groups (broad SMARTS) is 1. The molecule has 0 saturated heterocycles. The molecule has 0 aliphatic carbocycles. The van der Waals surface area contributed by atoms with Gasteiger partial charge in [-0.2, -0.15) is 0 Å². The van der Waals surface area contributed by atoms with Gasteiger partial charge in [-0.15, -0.1) is 0 Å². The lowest BCUT2D eigenvalue weighted by Crippen LogP contribution is -2.28. The Morgan fingerprint density at radius 1 is 1.00 bits per heavy atom. The summed E-state index contributed by atoms with van der Waals surface area (Å²) in [5.74, 6) is -3.93. The van der Waals surface area contributed by atoms with E-state index >= 15 is 4.39 Å². The number of nitrogens with zero attached hydrogens (tertiary/aromatic N) is 1. The van der Waals surface area contributed by atoms with E-state index < -0.39 is 51.0 Å². The molecule has 0 radical (unpaired) electrons. The van der Waals surface area contributed by atoms with Gasteiger partial charge in [-0.05, 0) is 108 Å². The molecule has 4 aromatic carbocycles. The summed E-state index contributed by atoms with van der Waals surface area (Å²) in [5.41, 5.74) is 2.38. The molecule has 0 amide bonds. The van der Waals surface area contributed by atoms with E-state index in [2.05, 4.69) is 20.9 Å². The van der Waals surface area contributed by atoms with Crippen molar-refractivity contribution in [1.82, 2.24) is 4.98 Å². The topological polar surface area (TPSA) is 68.7 Å². The number of rotatable bonds is 4. The molecule has 0 fully saturated rings. The van der Waals surface area contributed by atoms with Gasteiger partial charge in [-0.25, -0.2) is 22.4 Å². The maximum Gasteiger partial charge on any atom is 0.337 e. The van der Waals surface area contributed by atoms with E-state index in [1.165, 1.54) is 12.1 Å². The lowest BCUT2D eigenvalue weighted by atomic mass is 9.85. The molecule has 1 aliphatic rings. The minimum Gasteiger partial charge on any atom is -0.493 e. The van der Waals surface area contributed by atoms with Gasteiger partial charge < -0.3 is 14.6 Å². The molecule has 46 heavy (non-hydrogen) atoms. The summed E-state index contributed by atoms with van der Waals surface area (Å²) in [6, 6.07) is 10.4. The van der Waals surface area contributed by atoms with E-state index in [1.807, 2.05) is 6.07 Å². The van der Waals surface area contributed by atoms with Crippen LogP contribution in [0.3, 0.4) is 0 Å². The second kappa shape index (κ2) is 13.0. The third-order valence-corrected chi connectivity index (χ3v) is 8.61. The quantitative estimate of drug-likeness (QED) is 0.113. The third-order valence-electron chi connectivity index (χ3n) is 7.31. The summed E-state index contributed by atoms with van der Waals surface area (Å²) in [5, 5.41) is 10.2. The van der Waals surface area contributed by atoms with E-state index in [0.717, 1.165) is 23.1 Å². The van der Waals surface area contributed by atoms with Crippen LogP contribution in [0, 0.1) is 30.2 Å². The van der Waals surface area contributed by atoms with Gasteiger partial charge in [0.1, 0.15) is 27.4 Å². The highest BCUT2D eigenvalue weighted by atomic mass is 79.9. The van der Waals surface area contributed by atoms with E-state index in [9.17, 15) is 23.1 Å². The monoisotopic (exact) mass is 737 g/mol. The number of benzene rings is 4. The molecule has 0 spiro atoms. The second-order valence-corrected chi connectivity index (χ2v) is 13.2. The SMILES string of the molecule is Cc1cc2c(F)c(Cl)c(F)cc2c(-c2ccc3c4c(ccnc24)CCO3)c1[C@H](OC(C)(C)C)C(=O)O.Fc1ccc(Br)c(F)c1Cl. The first-order valence-electron chi connectivity index (χ1n) is 13.9. The van der Waals surface area contributed by atoms with Gasteiger partial charge in [0.25, 0.3) is 0 Å². The summed E-state index contributed by atoms with van der Waals surface area (Å²) < 4.78 is 67.0. The molecular formula is C34H26BrCl2F4NO4. The van der Waals surface area contributed by atoms with Gasteiger partial charge in [0.15, 0.2) is 17.7 Å². The van der Waals surface area contributed by atoms with Gasteiger partial charge in [0, 0.05) is 34.5 Å². The first kappa shape index (κ1) is 33.9. The number of aromatic nitrogens is 1. The number of fused-ring (bicyclic) bond motifs is 1. The second-order valence-electron chi connectivity index (χ2n) is 11.6. The number of carbonyl (C=O) groups is 1. The molecule has 1 aromatic heterocycles. The Hall–Kier alpha value is -3.44. The Kier molecular flexibility index (Phi) is 9.57. The number of pyridine rings is 1. The Bertz CT molecular complexity index is 2000. The standard InChI is InChI=1S/C28H24ClF2NO4.C6H2BrClF2/c1-13-11-17-16(12-18(30)23(29)24(17)31)22(20(13)26(27(33)34)36-28(2,3)4)15-5-6-19-21-14(8-10-35-19)7-9-32-25(15)21;7-3-1-2-4(9)5(8)6(3)10/h5-7,9,11-12,26H,8,10H2,1-4H3,(H,33,34);1-2H/t26-;/m0./s1. The summed E-state index contributed by atoms with van der Waals surface area (Å²) in [4.78, 5) is 17.1.